The van der Waals surface area contributed by atoms with Crippen molar-refractivity contribution in [1.82, 2.24) is 20.0 Å². The first-order valence-corrected chi connectivity index (χ1v) is 14.1. The SMILES string of the molecule is COc1ccc(-c2cc3n(n2)CC(C)(C(=O)NCc2ccccc2)N(CCc2ccc(SC)cc2)C3=O)cc1. The average Bonchev–Trinajstić information content (AvgIpc) is 3.40. The molecule has 1 aromatic heterocycles. The summed E-state index contributed by atoms with van der Waals surface area (Å²) in [6.07, 6.45) is 2.69. The number of thioether (sulfide) groups is 1. The van der Waals surface area contributed by atoms with Crippen LogP contribution in [0.3, 0.4) is 0 Å². The summed E-state index contributed by atoms with van der Waals surface area (Å²) in [7, 11) is 1.62. The molecule has 0 fully saturated rings. The minimum absolute atomic E-state index is 0.202. The smallest absolute Gasteiger partial charge is 0.273 e. The Morgan fingerprint density at radius 2 is 1.74 bits per heavy atom. The van der Waals surface area contributed by atoms with Crippen molar-refractivity contribution in [3.8, 4) is 17.0 Å². The second kappa shape index (κ2) is 11.4. The Labute approximate surface area is 233 Å². The predicted octanol–water partition coefficient (Wildman–Crippen LogP) is 5.05. The minimum atomic E-state index is -1.11. The lowest BCUT2D eigenvalue weighted by Gasteiger charge is -2.43. The lowest BCUT2D eigenvalue weighted by molar-refractivity contribution is -0.133. The Bertz CT molecular complexity index is 1450. The zero-order chi connectivity index (χ0) is 27.4. The number of hydrogen-bond donors (Lipinski definition) is 1. The van der Waals surface area contributed by atoms with Crippen molar-refractivity contribution in [2.24, 2.45) is 0 Å². The minimum Gasteiger partial charge on any atom is -0.497 e. The summed E-state index contributed by atoms with van der Waals surface area (Å²) in [5.74, 6) is 0.342. The summed E-state index contributed by atoms with van der Waals surface area (Å²) in [6, 6.07) is 27.5. The topological polar surface area (TPSA) is 76.5 Å². The van der Waals surface area contributed by atoms with E-state index < -0.39 is 5.54 Å². The van der Waals surface area contributed by atoms with Crippen molar-refractivity contribution in [3.05, 3.63) is 102 Å². The van der Waals surface area contributed by atoms with Crippen molar-refractivity contribution >= 4 is 23.6 Å². The third-order valence-corrected chi connectivity index (χ3v) is 8.00. The van der Waals surface area contributed by atoms with Crippen LogP contribution < -0.4 is 10.1 Å². The zero-order valence-corrected chi connectivity index (χ0v) is 23.2. The molecule has 4 aromatic rings. The monoisotopic (exact) mass is 540 g/mol. The van der Waals surface area contributed by atoms with Gasteiger partial charge in [-0.3, -0.25) is 14.3 Å². The summed E-state index contributed by atoms with van der Waals surface area (Å²) >= 11 is 1.69. The molecular formula is C31H32N4O3S. The highest BCUT2D eigenvalue weighted by Crippen LogP contribution is 2.31. The average molecular weight is 541 g/mol. The summed E-state index contributed by atoms with van der Waals surface area (Å²) in [4.78, 5) is 30.6. The molecule has 1 N–H and O–H groups in total. The third kappa shape index (κ3) is 5.56. The number of nitrogens with zero attached hydrogens (tertiary/aromatic N) is 3. The van der Waals surface area contributed by atoms with Crippen LogP contribution in [-0.2, 0) is 24.3 Å². The van der Waals surface area contributed by atoms with E-state index in [1.807, 2.05) is 73.8 Å². The highest BCUT2D eigenvalue weighted by Gasteiger charge is 2.47. The van der Waals surface area contributed by atoms with Crippen molar-refractivity contribution in [2.75, 3.05) is 19.9 Å². The molecule has 1 unspecified atom stereocenters. The van der Waals surface area contributed by atoms with Gasteiger partial charge >= 0.3 is 0 Å². The molecule has 1 atom stereocenters. The Morgan fingerprint density at radius 1 is 1.03 bits per heavy atom. The van der Waals surface area contributed by atoms with E-state index >= 15 is 0 Å². The van der Waals surface area contributed by atoms with Crippen molar-refractivity contribution < 1.29 is 14.3 Å². The number of ether oxygens (including phenoxy) is 1. The van der Waals surface area contributed by atoms with Crippen LogP contribution in [-0.4, -0.2) is 51.9 Å². The summed E-state index contributed by atoms with van der Waals surface area (Å²) in [6.45, 7) is 2.89. The Kier molecular flexibility index (Phi) is 7.74. The van der Waals surface area contributed by atoms with Gasteiger partial charge in [0.1, 0.15) is 17.0 Å². The maximum absolute atomic E-state index is 13.9. The second-order valence-corrected chi connectivity index (χ2v) is 10.7. The van der Waals surface area contributed by atoms with Gasteiger partial charge in [0.15, 0.2) is 0 Å². The first-order chi connectivity index (χ1) is 18.9. The van der Waals surface area contributed by atoms with Crippen LogP contribution in [0.2, 0.25) is 0 Å². The van der Waals surface area contributed by atoms with Gasteiger partial charge in [0.05, 0.1) is 19.3 Å². The van der Waals surface area contributed by atoms with E-state index in [1.165, 1.54) is 4.90 Å². The normalized spacial score (nSPS) is 16.6. The molecule has 0 bridgehead atoms. The Morgan fingerprint density at radius 3 is 2.41 bits per heavy atom. The maximum atomic E-state index is 13.9. The molecule has 1 aliphatic rings. The van der Waals surface area contributed by atoms with Crippen molar-refractivity contribution in [2.45, 2.75) is 36.9 Å². The number of methoxy groups -OCH3 is 1. The molecule has 2 amide bonds. The number of benzene rings is 3. The molecular weight excluding hydrogens is 508 g/mol. The molecule has 0 radical (unpaired) electrons. The fraction of sp³-hybridized carbons (Fsp3) is 0.258. The highest BCUT2D eigenvalue weighted by atomic mass is 32.2. The van der Waals surface area contributed by atoms with Crippen molar-refractivity contribution in [3.63, 3.8) is 0 Å². The van der Waals surface area contributed by atoms with Gasteiger partial charge in [0.2, 0.25) is 5.91 Å². The molecule has 0 spiro atoms. The molecule has 7 nitrogen and oxygen atoms in total. The van der Waals surface area contributed by atoms with Gasteiger partial charge in [-0.25, -0.2) is 0 Å². The van der Waals surface area contributed by atoms with E-state index in [0.717, 1.165) is 22.4 Å². The number of amides is 2. The van der Waals surface area contributed by atoms with Gasteiger partial charge in [-0.1, -0.05) is 42.5 Å². The third-order valence-electron chi connectivity index (χ3n) is 7.25. The predicted molar refractivity (Wildman–Crippen MR) is 154 cm³/mol. The number of nitrogens with one attached hydrogen (secondary N) is 1. The van der Waals surface area contributed by atoms with Gasteiger partial charge in [0.25, 0.3) is 5.91 Å². The van der Waals surface area contributed by atoms with Gasteiger partial charge in [-0.15, -0.1) is 11.8 Å². The van der Waals surface area contributed by atoms with Crippen molar-refractivity contribution in [1.29, 1.82) is 0 Å². The molecule has 8 heteroatoms. The summed E-state index contributed by atoms with van der Waals surface area (Å²) in [5.41, 5.74) is 3.04. The fourth-order valence-corrected chi connectivity index (χ4v) is 5.30. The zero-order valence-electron chi connectivity index (χ0n) is 22.4. The number of carbonyl (C=O) groups is 2. The largest absolute Gasteiger partial charge is 0.497 e. The molecule has 0 saturated heterocycles. The fourth-order valence-electron chi connectivity index (χ4n) is 4.90. The van der Waals surface area contributed by atoms with Crippen LogP contribution in [0.25, 0.3) is 11.3 Å². The second-order valence-electron chi connectivity index (χ2n) is 9.80. The number of rotatable bonds is 9. The van der Waals surface area contributed by atoms with E-state index in [0.29, 0.717) is 30.9 Å². The molecule has 2 heterocycles. The van der Waals surface area contributed by atoms with Gasteiger partial charge in [-0.2, -0.15) is 5.10 Å². The van der Waals surface area contributed by atoms with E-state index in [-0.39, 0.29) is 18.4 Å². The Hall–Kier alpha value is -4.04. The lowest BCUT2D eigenvalue weighted by Crippen LogP contribution is -2.64. The molecule has 200 valence electrons. The van der Waals surface area contributed by atoms with Crippen LogP contribution in [0.5, 0.6) is 5.75 Å². The quantitative estimate of drug-likeness (QED) is 0.301. The lowest BCUT2D eigenvalue weighted by atomic mass is 9.94. The molecule has 5 rings (SSSR count). The molecule has 1 aliphatic heterocycles. The van der Waals surface area contributed by atoms with Crippen LogP contribution >= 0.6 is 11.8 Å². The summed E-state index contributed by atoms with van der Waals surface area (Å²) in [5, 5.41) is 7.81. The number of fused-ring (bicyclic) bond motifs is 1. The van der Waals surface area contributed by atoms with E-state index in [1.54, 1.807) is 28.5 Å². The first-order valence-electron chi connectivity index (χ1n) is 12.9. The molecule has 0 aliphatic carbocycles. The maximum Gasteiger partial charge on any atom is 0.273 e. The van der Waals surface area contributed by atoms with Gasteiger partial charge < -0.3 is 15.0 Å². The molecule has 39 heavy (non-hydrogen) atoms. The number of carbonyl (C=O) groups excluding carboxylic acids is 2. The van der Waals surface area contributed by atoms with E-state index in [2.05, 4.69) is 29.6 Å². The van der Waals surface area contributed by atoms with Crippen LogP contribution in [0.4, 0.5) is 0 Å². The van der Waals surface area contributed by atoms with E-state index in [4.69, 9.17) is 9.84 Å². The Balaban J connectivity index is 1.44. The van der Waals surface area contributed by atoms with Crippen LogP contribution in [0.1, 0.15) is 28.5 Å². The van der Waals surface area contributed by atoms with Crippen LogP contribution in [0, 0.1) is 0 Å². The standard InChI is InChI=1S/C31H32N4O3S/c1-31(30(37)32-20-23-7-5-4-6-8-23)21-35-28(19-27(33-35)24-11-13-25(38-2)14-12-24)29(36)34(31)18-17-22-9-15-26(39-3)16-10-22/h4-16,19H,17-18,20-21H2,1-3H3,(H,32,37). The van der Waals surface area contributed by atoms with Gasteiger partial charge in [-0.05, 0) is 73.2 Å². The highest BCUT2D eigenvalue weighted by molar-refractivity contribution is 7.98. The number of hydrogen-bond acceptors (Lipinski definition) is 5. The molecule has 3 aromatic carbocycles. The first kappa shape index (κ1) is 26.6. The molecule has 0 saturated carbocycles. The van der Waals surface area contributed by atoms with E-state index in [9.17, 15) is 9.59 Å². The number of aromatic nitrogens is 2. The van der Waals surface area contributed by atoms with Gasteiger partial charge in [0, 0.05) is 23.5 Å². The summed E-state index contributed by atoms with van der Waals surface area (Å²) < 4.78 is 6.94. The van der Waals surface area contributed by atoms with Crippen LogP contribution in [0.15, 0.2) is 89.8 Å².